The normalized spacial score (nSPS) is 19.9. The Hall–Kier alpha value is -1.56. The van der Waals surface area contributed by atoms with Crippen LogP contribution in [0.5, 0.6) is 0 Å². The number of aryl methyl sites for hydroxylation is 2. The average Bonchev–Trinajstić information content (AvgIpc) is 2.90. The molecule has 1 aromatic rings. The third kappa shape index (κ3) is 6.23. The van der Waals surface area contributed by atoms with Gasteiger partial charge >= 0.3 is 0 Å². The minimum Gasteiger partial charge on any atom is -0.355 e. The van der Waals surface area contributed by atoms with E-state index in [1.807, 2.05) is 18.8 Å². The molecule has 0 radical (unpaired) electrons. The third-order valence-electron chi connectivity index (χ3n) is 5.83. The summed E-state index contributed by atoms with van der Waals surface area (Å²) in [6, 6.07) is 0.933. The number of hydrogen-bond acceptors (Lipinski definition) is 3. The van der Waals surface area contributed by atoms with Crippen molar-refractivity contribution in [2.75, 3.05) is 26.7 Å². The lowest BCUT2D eigenvalue weighted by Gasteiger charge is -2.36. The number of aliphatic imine (C=N–C) groups is 1. The smallest absolute Gasteiger partial charge is 0.191 e. The number of guanidine groups is 1. The molecule has 0 saturated carbocycles. The first-order valence-corrected chi connectivity index (χ1v) is 10.7. The van der Waals surface area contributed by atoms with Gasteiger partial charge in [0.25, 0.3) is 0 Å². The van der Waals surface area contributed by atoms with Crippen LogP contribution in [0.25, 0.3) is 0 Å². The first kappa shape index (κ1) is 21.7. The number of likely N-dealkylation sites (tertiary alicyclic amines) is 1. The van der Waals surface area contributed by atoms with Crippen molar-refractivity contribution in [2.24, 2.45) is 12.0 Å². The number of nitrogens with zero attached hydrogens (tertiary/aromatic N) is 4. The molecule has 1 fully saturated rings. The maximum Gasteiger partial charge on any atom is 0.191 e. The van der Waals surface area contributed by atoms with E-state index in [0.29, 0.717) is 12.1 Å². The van der Waals surface area contributed by atoms with Crippen molar-refractivity contribution < 1.29 is 0 Å². The third-order valence-corrected chi connectivity index (χ3v) is 5.83. The average molecular weight is 377 g/mol. The second-order valence-corrected chi connectivity index (χ2v) is 8.01. The van der Waals surface area contributed by atoms with Gasteiger partial charge in [0.05, 0.1) is 5.69 Å². The highest BCUT2D eigenvalue weighted by Gasteiger charge is 2.22. The molecule has 2 rings (SSSR count). The Balaban J connectivity index is 1.85. The quantitative estimate of drug-likeness (QED) is 0.541. The van der Waals surface area contributed by atoms with Crippen molar-refractivity contribution in [3.05, 3.63) is 17.0 Å². The van der Waals surface area contributed by atoms with E-state index in [9.17, 15) is 0 Å². The molecule has 0 bridgehead atoms. The Morgan fingerprint density at radius 1 is 1.33 bits per heavy atom. The molecule has 1 saturated heterocycles. The van der Waals surface area contributed by atoms with E-state index in [1.54, 1.807) is 0 Å². The first-order valence-electron chi connectivity index (χ1n) is 10.7. The van der Waals surface area contributed by atoms with E-state index in [-0.39, 0.29) is 0 Å². The van der Waals surface area contributed by atoms with E-state index in [4.69, 9.17) is 0 Å². The summed E-state index contributed by atoms with van der Waals surface area (Å²) in [4.78, 5) is 7.11. The molecule has 0 spiro atoms. The summed E-state index contributed by atoms with van der Waals surface area (Å²) in [6.45, 7) is 12.2. The Morgan fingerprint density at radius 2 is 2.11 bits per heavy atom. The largest absolute Gasteiger partial charge is 0.355 e. The van der Waals surface area contributed by atoms with Gasteiger partial charge in [-0.1, -0.05) is 19.8 Å². The molecule has 1 aromatic heterocycles. The van der Waals surface area contributed by atoms with Crippen molar-refractivity contribution >= 4 is 5.96 Å². The Kier molecular flexibility index (Phi) is 8.61. The molecule has 2 heterocycles. The van der Waals surface area contributed by atoms with Gasteiger partial charge in [-0.2, -0.15) is 5.10 Å². The predicted molar refractivity (Wildman–Crippen MR) is 114 cm³/mol. The van der Waals surface area contributed by atoms with E-state index in [0.717, 1.165) is 24.6 Å². The highest BCUT2D eigenvalue weighted by Crippen LogP contribution is 2.17. The highest BCUT2D eigenvalue weighted by atomic mass is 15.3. The molecule has 1 aliphatic heterocycles. The zero-order chi connectivity index (χ0) is 19.8. The summed E-state index contributed by atoms with van der Waals surface area (Å²) >= 11 is 0. The number of rotatable bonds is 8. The van der Waals surface area contributed by atoms with E-state index in [2.05, 4.69) is 53.3 Å². The van der Waals surface area contributed by atoms with Gasteiger partial charge in [-0.25, -0.2) is 0 Å². The zero-order valence-electron chi connectivity index (χ0n) is 18.3. The zero-order valence-corrected chi connectivity index (χ0v) is 18.3. The van der Waals surface area contributed by atoms with Crippen LogP contribution < -0.4 is 10.6 Å². The van der Waals surface area contributed by atoms with Crippen LogP contribution in [0.1, 0.15) is 62.9 Å². The van der Waals surface area contributed by atoms with Crippen LogP contribution in [0, 0.1) is 13.8 Å². The van der Waals surface area contributed by atoms with Gasteiger partial charge in [-0.3, -0.25) is 14.6 Å². The lowest BCUT2D eigenvalue weighted by molar-refractivity contribution is 0.147. The number of unbranched alkanes of at least 4 members (excludes halogenated alkanes) is 1. The van der Waals surface area contributed by atoms with E-state index < -0.39 is 0 Å². The van der Waals surface area contributed by atoms with E-state index in [1.165, 1.54) is 56.5 Å². The van der Waals surface area contributed by atoms with E-state index >= 15 is 0 Å². The van der Waals surface area contributed by atoms with Gasteiger partial charge in [0, 0.05) is 38.4 Å². The predicted octanol–water partition coefficient (Wildman–Crippen LogP) is 2.79. The van der Waals surface area contributed by atoms with Crippen LogP contribution in [0.2, 0.25) is 0 Å². The summed E-state index contributed by atoms with van der Waals surface area (Å²) in [5, 5.41) is 11.7. The van der Waals surface area contributed by atoms with Gasteiger partial charge in [-0.05, 0) is 65.1 Å². The molecule has 0 amide bonds. The topological polar surface area (TPSA) is 57.5 Å². The fourth-order valence-corrected chi connectivity index (χ4v) is 4.06. The monoisotopic (exact) mass is 376 g/mol. The highest BCUT2D eigenvalue weighted by molar-refractivity contribution is 5.80. The lowest BCUT2D eigenvalue weighted by atomic mass is 10.0. The van der Waals surface area contributed by atoms with Crippen molar-refractivity contribution in [2.45, 2.75) is 78.3 Å². The van der Waals surface area contributed by atoms with Crippen LogP contribution in [0.4, 0.5) is 0 Å². The molecule has 154 valence electrons. The Morgan fingerprint density at radius 3 is 2.74 bits per heavy atom. The van der Waals surface area contributed by atoms with Crippen LogP contribution in [-0.2, 0) is 13.5 Å². The molecule has 6 nitrogen and oxygen atoms in total. The summed E-state index contributed by atoms with van der Waals surface area (Å²) in [5.41, 5.74) is 3.71. The fraction of sp³-hybridized carbons (Fsp3) is 0.810. The Bertz CT molecular complexity index is 606. The number of aromatic nitrogens is 2. The lowest BCUT2D eigenvalue weighted by Crippen LogP contribution is -2.50. The fourth-order valence-electron chi connectivity index (χ4n) is 4.06. The second-order valence-electron chi connectivity index (χ2n) is 8.01. The van der Waals surface area contributed by atoms with Gasteiger partial charge in [0.2, 0.25) is 0 Å². The minimum atomic E-state index is 0.306. The van der Waals surface area contributed by atoms with Gasteiger partial charge in [-0.15, -0.1) is 0 Å². The van der Waals surface area contributed by atoms with Crippen molar-refractivity contribution in [3.63, 3.8) is 0 Å². The minimum absolute atomic E-state index is 0.306. The van der Waals surface area contributed by atoms with Crippen molar-refractivity contribution in [1.82, 2.24) is 25.3 Å². The summed E-state index contributed by atoms with van der Waals surface area (Å²) in [5.74, 6) is 0.905. The summed E-state index contributed by atoms with van der Waals surface area (Å²) in [6.07, 6.45) is 7.50. The summed E-state index contributed by atoms with van der Waals surface area (Å²) in [7, 11) is 3.87. The molecule has 0 aromatic carbocycles. The SMILES string of the molecule is CCCCN1CCCCC1CNC(=NC)NC(C)Cc1c(C)nn(C)c1C. The van der Waals surface area contributed by atoms with Crippen LogP contribution in [-0.4, -0.2) is 59.4 Å². The van der Waals surface area contributed by atoms with Gasteiger partial charge in [0.1, 0.15) is 0 Å². The first-order chi connectivity index (χ1) is 13.0. The van der Waals surface area contributed by atoms with Crippen LogP contribution >= 0.6 is 0 Å². The van der Waals surface area contributed by atoms with Crippen LogP contribution in [0.3, 0.4) is 0 Å². The molecule has 2 unspecified atom stereocenters. The molecule has 2 N–H and O–H groups in total. The number of piperidine rings is 1. The Labute approximate surface area is 165 Å². The molecule has 6 heteroatoms. The molecular formula is C21H40N6. The second kappa shape index (κ2) is 10.7. The number of nitrogens with one attached hydrogen (secondary N) is 2. The molecule has 1 aliphatic rings. The molecule has 27 heavy (non-hydrogen) atoms. The molecule has 0 aliphatic carbocycles. The molecular weight excluding hydrogens is 336 g/mol. The van der Waals surface area contributed by atoms with Crippen LogP contribution in [0.15, 0.2) is 4.99 Å². The van der Waals surface area contributed by atoms with Gasteiger partial charge < -0.3 is 10.6 Å². The maximum atomic E-state index is 4.53. The van der Waals surface area contributed by atoms with Crippen molar-refractivity contribution in [1.29, 1.82) is 0 Å². The standard InChI is InChI=1S/C21H40N6/c1-7-8-12-27-13-10-9-11-19(27)15-23-21(22-5)24-16(2)14-20-17(3)25-26(6)18(20)4/h16,19H,7-15H2,1-6H3,(H2,22,23,24). The number of hydrogen-bond donors (Lipinski definition) is 2. The molecule has 2 atom stereocenters. The summed E-state index contributed by atoms with van der Waals surface area (Å²) < 4.78 is 1.97. The van der Waals surface area contributed by atoms with Gasteiger partial charge in [0.15, 0.2) is 5.96 Å². The van der Waals surface area contributed by atoms with Crippen molar-refractivity contribution in [3.8, 4) is 0 Å². The maximum absolute atomic E-state index is 4.53.